The lowest BCUT2D eigenvalue weighted by molar-refractivity contribution is -0.137. The summed E-state index contributed by atoms with van der Waals surface area (Å²) in [6, 6.07) is 5.34. The molecule has 1 aliphatic heterocycles. The van der Waals surface area contributed by atoms with Crippen molar-refractivity contribution < 1.29 is 17.9 Å². The highest BCUT2D eigenvalue weighted by molar-refractivity contribution is 7.09. The minimum Gasteiger partial charge on any atom is -0.370 e. The molecule has 1 unspecified atom stereocenters. The van der Waals surface area contributed by atoms with Gasteiger partial charge in [-0.25, -0.2) is 4.98 Å². The molecular formula is C17H20F3N3OS. The molecule has 136 valence electrons. The fraction of sp³-hybridized carbons (Fsp3) is 0.529. The maximum atomic E-state index is 12.9. The number of morpholine rings is 1. The molecular weight excluding hydrogens is 351 g/mol. The third kappa shape index (κ3) is 4.49. The molecule has 0 saturated carbocycles. The minimum absolute atomic E-state index is 0.409. The van der Waals surface area contributed by atoms with Gasteiger partial charge in [0, 0.05) is 24.5 Å². The van der Waals surface area contributed by atoms with Gasteiger partial charge < -0.3 is 9.64 Å². The van der Waals surface area contributed by atoms with E-state index in [4.69, 9.17) is 4.74 Å². The fourth-order valence-corrected chi connectivity index (χ4v) is 3.49. The molecule has 1 atom stereocenters. The number of aromatic nitrogens is 2. The van der Waals surface area contributed by atoms with E-state index >= 15 is 0 Å². The Morgan fingerprint density at radius 3 is 2.88 bits per heavy atom. The molecule has 0 bridgehead atoms. The normalized spacial score (nSPS) is 18.8. The Balaban J connectivity index is 1.74. The first-order chi connectivity index (χ1) is 11.8. The van der Waals surface area contributed by atoms with Crippen LogP contribution >= 0.6 is 11.5 Å². The van der Waals surface area contributed by atoms with Crippen molar-refractivity contribution in [1.29, 1.82) is 0 Å². The largest absolute Gasteiger partial charge is 0.416 e. The second-order valence-electron chi connectivity index (χ2n) is 6.52. The number of alkyl halides is 3. The summed E-state index contributed by atoms with van der Waals surface area (Å²) in [6.45, 7) is 5.79. The average molecular weight is 371 g/mol. The summed E-state index contributed by atoms with van der Waals surface area (Å²) >= 11 is 1.33. The molecule has 2 heterocycles. The van der Waals surface area contributed by atoms with Gasteiger partial charge in [-0.2, -0.15) is 17.5 Å². The Hall–Kier alpha value is -1.67. The van der Waals surface area contributed by atoms with Crippen LogP contribution in [0.15, 0.2) is 24.3 Å². The zero-order valence-corrected chi connectivity index (χ0v) is 14.9. The number of halogens is 3. The Morgan fingerprint density at radius 1 is 1.36 bits per heavy atom. The van der Waals surface area contributed by atoms with Gasteiger partial charge in [-0.3, -0.25) is 0 Å². The van der Waals surface area contributed by atoms with E-state index in [9.17, 15) is 13.2 Å². The molecule has 0 N–H and O–H groups in total. The minimum atomic E-state index is -4.35. The third-order valence-corrected chi connectivity index (χ3v) is 4.79. The molecule has 0 amide bonds. The van der Waals surface area contributed by atoms with Gasteiger partial charge in [0.25, 0.3) is 0 Å². The van der Waals surface area contributed by atoms with Crippen molar-refractivity contribution in [2.75, 3.05) is 24.6 Å². The summed E-state index contributed by atoms with van der Waals surface area (Å²) < 4.78 is 48.8. The molecule has 25 heavy (non-hydrogen) atoms. The fourth-order valence-electron chi connectivity index (χ4n) is 2.76. The average Bonchev–Trinajstić information content (AvgIpc) is 3.02. The van der Waals surface area contributed by atoms with E-state index in [1.807, 2.05) is 4.90 Å². The molecule has 1 aliphatic rings. The van der Waals surface area contributed by atoms with Gasteiger partial charge >= 0.3 is 6.18 Å². The van der Waals surface area contributed by atoms with E-state index in [0.29, 0.717) is 31.2 Å². The first-order valence-electron chi connectivity index (χ1n) is 8.19. The smallest absolute Gasteiger partial charge is 0.370 e. The summed E-state index contributed by atoms with van der Waals surface area (Å²) in [5.41, 5.74) is -0.118. The van der Waals surface area contributed by atoms with E-state index in [-0.39, 0.29) is 0 Å². The zero-order chi connectivity index (χ0) is 18.0. The van der Waals surface area contributed by atoms with Crippen LogP contribution in [0.4, 0.5) is 18.3 Å². The van der Waals surface area contributed by atoms with Gasteiger partial charge in [0.1, 0.15) is 11.9 Å². The molecule has 3 rings (SSSR count). The van der Waals surface area contributed by atoms with Crippen LogP contribution in [-0.4, -0.2) is 29.1 Å². The molecule has 2 aromatic rings. The number of benzene rings is 1. The van der Waals surface area contributed by atoms with Crippen molar-refractivity contribution in [3.63, 3.8) is 0 Å². The lowest BCUT2D eigenvalue weighted by atomic mass is 10.0. The van der Waals surface area contributed by atoms with E-state index in [2.05, 4.69) is 23.2 Å². The molecule has 1 fully saturated rings. The second kappa shape index (κ2) is 7.29. The van der Waals surface area contributed by atoms with E-state index in [1.165, 1.54) is 23.7 Å². The molecule has 8 heteroatoms. The monoisotopic (exact) mass is 371 g/mol. The Morgan fingerprint density at radius 2 is 2.16 bits per heavy atom. The summed E-state index contributed by atoms with van der Waals surface area (Å²) in [6.07, 6.45) is -3.94. The van der Waals surface area contributed by atoms with Crippen LogP contribution in [-0.2, 0) is 17.3 Å². The molecule has 1 aromatic heterocycles. The van der Waals surface area contributed by atoms with Crippen LogP contribution in [0, 0.1) is 5.92 Å². The summed E-state index contributed by atoms with van der Waals surface area (Å²) in [7, 11) is 0. The van der Waals surface area contributed by atoms with Gasteiger partial charge in [0.15, 0.2) is 0 Å². The van der Waals surface area contributed by atoms with Crippen molar-refractivity contribution in [2.45, 2.75) is 32.5 Å². The van der Waals surface area contributed by atoms with Crippen molar-refractivity contribution in [1.82, 2.24) is 9.36 Å². The molecule has 0 spiro atoms. The number of nitrogens with zero attached hydrogens (tertiary/aromatic N) is 3. The number of hydrogen-bond acceptors (Lipinski definition) is 5. The van der Waals surface area contributed by atoms with Crippen molar-refractivity contribution in [2.24, 2.45) is 5.92 Å². The SMILES string of the molecule is CC(C)Cc1nsc(N2CCOC(c3cccc(C(F)(F)F)c3)C2)n1. The van der Waals surface area contributed by atoms with Crippen molar-refractivity contribution >= 4 is 16.7 Å². The first-order valence-corrected chi connectivity index (χ1v) is 8.96. The predicted molar refractivity (Wildman–Crippen MR) is 90.8 cm³/mol. The van der Waals surface area contributed by atoms with E-state index in [1.54, 1.807) is 6.07 Å². The zero-order valence-electron chi connectivity index (χ0n) is 14.1. The van der Waals surface area contributed by atoms with E-state index < -0.39 is 17.8 Å². The van der Waals surface area contributed by atoms with E-state index in [0.717, 1.165) is 23.4 Å². The van der Waals surface area contributed by atoms with Crippen molar-refractivity contribution in [3.8, 4) is 0 Å². The molecule has 4 nitrogen and oxygen atoms in total. The maximum absolute atomic E-state index is 12.9. The molecule has 1 aromatic carbocycles. The first kappa shape index (κ1) is 18.1. The number of rotatable bonds is 4. The second-order valence-corrected chi connectivity index (χ2v) is 7.25. The van der Waals surface area contributed by atoms with Gasteiger partial charge in [0.2, 0.25) is 5.13 Å². The van der Waals surface area contributed by atoms with Crippen LogP contribution < -0.4 is 4.90 Å². The summed E-state index contributed by atoms with van der Waals surface area (Å²) in [5.74, 6) is 1.29. The highest BCUT2D eigenvalue weighted by atomic mass is 32.1. The quantitative estimate of drug-likeness (QED) is 0.802. The molecule has 1 saturated heterocycles. The summed E-state index contributed by atoms with van der Waals surface area (Å²) in [4.78, 5) is 6.59. The Kier molecular flexibility index (Phi) is 5.29. The van der Waals surface area contributed by atoms with Crippen LogP contribution in [0.3, 0.4) is 0 Å². The van der Waals surface area contributed by atoms with Crippen LogP contribution in [0.1, 0.15) is 36.9 Å². The van der Waals surface area contributed by atoms with Crippen LogP contribution in [0.25, 0.3) is 0 Å². The van der Waals surface area contributed by atoms with Gasteiger partial charge in [0.05, 0.1) is 18.7 Å². The van der Waals surface area contributed by atoms with Crippen molar-refractivity contribution in [3.05, 3.63) is 41.2 Å². The lowest BCUT2D eigenvalue weighted by Crippen LogP contribution is -2.38. The number of ether oxygens (including phenoxy) is 1. The molecule has 0 aliphatic carbocycles. The predicted octanol–water partition coefficient (Wildman–Crippen LogP) is 4.33. The van der Waals surface area contributed by atoms with Gasteiger partial charge in [-0.15, -0.1) is 0 Å². The Labute approximate surface area is 148 Å². The topological polar surface area (TPSA) is 38.2 Å². The highest BCUT2D eigenvalue weighted by Crippen LogP contribution is 2.33. The maximum Gasteiger partial charge on any atom is 0.416 e. The number of anilines is 1. The Bertz CT molecular complexity index is 717. The van der Waals surface area contributed by atoms with Gasteiger partial charge in [-0.1, -0.05) is 26.0 Å². The highest BCUT2D eigenvalue weighted by Gasteiger charge is 2.32. The summed E-state index contributed by atoms with van der Waals surface area (Å²) in [5, 5.41) is 0.802. The van der Waals surface area contributed by atoms with Crippen LogP contribution in [0.2, 0.25) is 0 Å². The molecule has 0 radical (unpaired) electrons. The number of hydrogen-bond donors (Lipinski definition) is 0. The lowest BCUT2D eigenvalue weighted by Gasteiger charge is -2.32. The third-order valence-electron chi connectivity index (χ3n) is 3.97. The van der Waals surface area contributed by atoms with Gasteiger partial charge in [-0.05, 0) is 23.6 Å². The standard InChI is InChI=1S/C17H20F3N3OS/c1-11(2)8-15-21-16(25-22-15)23-6-7-24-14(10-23)12-4-3-5-13(9-12)17(18,19)20/h3-5,9,11,14H,6-8,10H2,1-2H3. The van der Waals surface area contributed by atoms with Crippen LogP contribution in [0.5, 0.6) is 0 Å².